The molecule has 4 heteroatoms. The number of hydrogen-bond acceptors (Lipinski definition) is 4. The van der Waals surface area contributed by atoms with E-state index in [9.17, 15) is 5.11 Å². The molecule has 13 heavy (non-hydrogen) atoms. The second kappa shape index (κ2) is 3.74. The molecule has 0 spiro atoms. The van der Waals surface area contributed by atoms with Crippen LogP contribution in [0.15, 0.2) is 10.9 Å². The summed E-state index contributed by atoms with van der Waals surface area (Å²) >= 11 is 1.58. The molecule has 1 aromatic heterocycles. The zero-order chi connectivity index (χ0) is 9.15. The predicted molar refractivity (Wildman–Crippen MR) is 50.8 cm³/mol. The van der Waals surface area contributed by atoms with Crippen molar-refractivity contribution in [1.82, 2.24) is 4.98 Å². The fourth-order valence-corrected chi connectivity index (χ4v) is 2.29. The van der Waals surface area contributed by atoms with E-state index in [0.29, 0.717) is 0 Å². The molecule has 1 N–H and O–H groups in total. The monoisotopic (exact) mass is 199 g/mol. The Morgan fingerprint density at radius 1 is 1.69 bits per heavy atom. The normalized spacial score (nSPS) is 28.1. The Hall–Kier alpha value is -0.450. The summed E-state index contributed by atoms with van der Waals surface area (Å²) in [5.74, 6) is 0. The van der Waals surface area contributed by atoms with E-state index >= 15 is 0 Å². The fourth-order valence-electron chi connectivity index (χ4n) is 1.73. The van der Waals surface area contributed by atoms with Crippen LogP contribution >= 0.6 is 11.3 Å². The minimum atomic E-state index is -0.339. The van der Waals surface area contributed by atoms with Gasteiger partial charge in [0.2, 0.25) is 0 Å². The van der Waals surface area contributed by atoms with Crippen LogP contribution in [-0.4, -0.2) is 28.9 Å². The molecule has 0 aliphatic carbocycles. The molecule has 1 aromatic rings. The Labute approximate surface area is 81.4 Å². The summed E-state index contributed by atoms with van der Waals surface area (Å²) in [7, 11) is 0. The zero-order valence-electron chi connectivity index (χ0n) is 7.40. The van der Waals surface area contributed by atoms with Crippen LogP contribution in [0.25, 0.3) is 0 Å². The summed E-state index contributed by atoms with van der Waals surface area (Å²) in [5, 5.41) is 11.3. The van der Waals surface area contributed by atoms with E-state index in [0.717, 1.165) is 31.6 Å². The number of aromatic nitrogens is 1. The Morgan fingerprint density at radius 3 is 3.15 bits per heavy atom. The van der Waals surface area contributed by atoms with Crippen LogP contribution in [0.1, 0.15) is 18.5 Å². The van der Waals surface area contributed by atoms with E-state index in [1.54, 1.807) is 11.3 Å². The lowest BCUT2D eigenvalue weighted by atomic mass is 9.96. The molecule has 3 nitrogen and oxygen atoms in total. The molecule has 1 aliphatic rings. The quantitative estimate of drug-likeness (QED) is 0.796. The van der Waals surface area contributed by atoms with Gasteiger partial charge >= 0.3 is 0 Å². The van der Waals surface area contributed by atoms with Crippen molar-refractivity contribution >= 4 is 11.3 Å². The average molecular weight is 199 g/mol. The lowest BCUT2D eigenvalue weighted by molar-refractivity contribution is -0.0381. The minimum Gasteiger partial charge on any atom is -0.393 e. The highest BCUT2D eigenvalue weighted by Crippen LogP contribution is 2.28. The number of aliphatic hydroxyl groups is 1. The first-order valence-electron chi connectivity index (χ1n) is 4.47. The van der Waals surface area contributed by atoms with Gasteiger partial charge in [-0.3, -0.25) is 0 Å². The van der Waals surface area contributed by atoms with E-state index in [1.807, 2.05) is 10.9 Å². The van der Waals surface area contributed by atoms with E-state index in [-0.39, 0.29) is 12.2 Å². The van der Waals surface area contributed by atoms with Crippen molar-refractivity contribution in [2.24, 2.45) is 0 Å². The molecule has 1 fully saturated rings. The molecule has 1 atom stereocenters. The fraction of sp³-hybridized carbons (Fsp3) is 0.667. The van der Waals surface area contributed by atoms with Gasteiger partial charge in [-0.1, -0.05) is 0 Å². The van der Waals surface area contributed by atoms with Crippen LogP contribution in [-0.2, 0) is 11.2 Å². The largest absolute Gasteiger partial charge is 0.393 e. The summed E-state index contributed by atoms with van der Waals surface area (Å²) in [5.41, 5.74) is 2.50. The lowest BCUT2D eigenvalue weighted by Gasteiger charge is -2.24. The molecule has 0 aromatic carbocycles. The van der Waals surface area contributed by atoms with Gasteiger partial charge in [-0.25, -0.2) is 4.98 Å². The van der Waals surface area contributed by atoms with Gasteiger partial charge in [-0.15, -0.1) is 11.3 Å². The number of aliphatic hydroxyl groups excluding tert-OH is 1. The predicted octanol–water partition coefficient (Wildman–Crippen LogP) is 1.23. The molecule has 2 rings (SSSR count). The zero-order valence-corrected chi connectivity index (χ0v) is 8.22. The van der Waals surface area contributed by atoms with E-state index in [1.165, 1.54) is 0 Å². The van der Waals surface area contributed by atoms with Crippen molar-refractivity contribution in [2.75, 3.05) is 13.2 Å². The smallest absolute Gasteiger partial charge is 0.0968 e. The second-order valence-electron chi connectivity index (χ2n) is 3.45. The highest BCUT2D eigenvalue weighted by molar-refractivity contribution is 7.07. The maximum Gasteiger partial charge on any atom is 0.0968 e. The number of rotatable bonds is 3. The van der Waals surface area contributed by atoms with Crippen LogP contribution < -0.4 is 0 Å². The first-order valence-corrected chi connectivity index (χ1v) is 5.41. The van der Waals surface area contributed by atoms with Gasteiger partial charge in [0.25, 0.3) is 0 Å². The number of thiazole rings is 1. The SMILES string of the molecule is OCC1(Cc2cscn2)CCCO1. The molecule has 1 saturated heterocycles. The Morgan fingerprint density at radius 2 is 2.62 bits per heavy atom. The molecule has 72 valence electrons. The van der Waals surface area contributed by atoms with E-state index < -0.39 is 0 Å². The number of ether oxygens (including phenoxy) is 1. The van der Waals surface area contributed by atoms with Crippen LogP contribution in [0.2, 0.25) is 0 Å². The highest BCUT2D eigenvalue weighted by Gasteiger charge is 2.35. The molecule has 0 amide bonds. The second-order valence-corrected chi connectivity index (χ2v) is 4.17. The third kappa shape index (κ3) is 1.90. The van der Waals surface area contributed by atoms with Gasteiger partial charge in [-0.05, 0) is 12.8 Å². The maximum atomic E-state index is 9.27. The molecule has 0 bridgehead atoms. The van der Waals surface area contributed by atoms with Crippen LogP contribution in [0.5, 0.6) is 0 Å². The molecular weight excluding hydrogens is 186 g/mol. The van der Waals surface area contributed by atoms with Crippen molar-refractivity contribution in [3.05, 3.63) is 16.6 Å². The number of hydrogen-bond donors (Lipinski definition) is 1. The van der Waals surface area contributed by atoms with Crippen molar-refractivity contribution in [3.63, 3.8) is 0 Å². The van der Waals surface area contributed by atoms with Crippen molar-refractivity contribution in [2.45, 2.75) is 24.9 Å². The summed E-state index contributed by atoms with van der Waals surface area (Å²) in [6, 6.07) is 0. The van der Waals surface area contributed by atoms with Gasteiger partial charge in [0.05, 0.1) is 23.4 Å². The minimum absolute atomic E-state index is 0.102. The third-order valence-electron chi connectivity index (χ3n) is 2.46. The standard InChI is InChI=1S/C9H13NO2S/c11-6-9(2-1-3-12-9)4-8-5-13-7-10-8/h5,7,11H,1-4,6H2. The summed E-state index contributed by atoms with van der Waals surface area (Å²) in [6.07, 6.45) is 2.73. The van der Waals surface area contributed by atoms with Gasteiger partial charge < -0.3 is 9.84 Å². The summed E-state index contributed by atoms with van der Waals surface area (Å²) in [4.78, 5) is 4.20. The highest BCUT2D eigenvalue weighted by atomic mass is 32.1. The number of nitrogens with zero attached hydrogens (tertiary/aromatic N) is 1. The average Bonchev–Trinajstić information content (AvgIpc) is 2.77. The van der Waals surface area contributed by atoms with Gasteiger partial charge in [-0.2, -0.15) is 0 Å². The molecule has 1 unspecified atom stereocenters. The van der Waals surface area contributed by atoms with Gasteiger partial charge in [0.15, 0.2) is 0 Å². The summed E-state index contributed by atoms with van der Waals surface area (Å²) in [6.45, 7) is 0.870. The van der Waals surface area contributed by atoms with Gasteiger partial charge in [0, 0.05) is 18.4 Å². The first-order chi connectivity index (χ1) is 6.35. The Balaban J connectivity index is 2.06. The van der Waals surface area contributed by atoms with Crippen LogP contribution in [0.3, 0.4) is 0 Å². The van der Waals surface area contributed by atoms with Crippen LogP contribution in [0.4, 0.5) is 0 Å². The topological polar surface area (TPSA) is 42.4 Å². The summed E-state index contributed by atoms with van der Waals surface area (Å²) < 4.78 is 5.58. The Bertz CT molecular complexity index is 255. The lowest BCUT2D eigenvalue weighted by Crippen LogP contribution is -2.35. The van der Waals surface area contributed by atoms with Gasteiger partial charge in [0.1, 0.15) is 0 Å². The Kier molecular flexibility index (Phi) is 2.62. The van der Waals surface area contributed by atoms with E-state index in [2.05, 4.69) is 4.98 Å². The molecule has 2 heterocycles. The van der Waals surface area contributed by atoms with E-state index in [4.69, 9.17) is 4.74 Å². The molecule has 0 radical (unpaired) electrons. The van der Waals surface area contributed by atoms with Crippen molar-refractivity contribution in [3.8, 4) is 0 Å². The van der Waals surface area contributed by atoms with Crippen molar-refractivity contribution in [1.29, 1.82) is 0 Å². The maximum absolute atomic E-state index is 9.27. The third-order valence-corrected chi connectivity index (χ3v) is 3.10. The first kappa shape index (κ1) is 9.12. The molecule has 0 saturated carbocycles. The molecular formula is C9H13NO2S. The molecule has 1 aliphatic heterocycles. The van der Waals surface area contributed by atoms with Crippen LogP contribution in [0, 0.1) is 0 Å². The van der Waals surface area contributed by atoms with Crippen molar-refractivity contribution < 1.29 is 9.84 Å².